The number of hydrogen-bond donors (Lipinski definition) is 0. The Morgan fingerprint density at radius 1 is 0.842 bits per heavy atom. The number of nitrogens with zero attached hydrogens (tertiary/aromatic N) is 2. The van der Waals surface area contributed by atoms with Crippen molar-refractivity contribution in [2.45, 2.75) is 0 Å². The fourth-order valence-electron chi connectivity index (χ4n) is 1.85. The molecule has 1 heterocycles. The fraction of sp³-hybridized carbons (Fsp3) is 0. The van der Waals surface area contributed by atoms with E-state index in [1.165, 1.54) is 5.39 Å². The lowest BCUT2D eigenvalue weighted by molar-refractivity contribution is 1.16. The minimum atomic E-state index is 0.378. The fourth-order valence-corrected chi connectivity index (χ4v) is 2.48. The van der Waals surface area contributed by atoms with E-state index in [1.807, 2.05) is 52.9 Å². The predicted octanol–water partition coefficient (Wildman–Crippen LogP) is 5.21. The van der Waals surface area contributed by atoms with Crippen molar-refractivity contribution in [2.24, 2.45) is 0 Å². The molecule has 0 fully saturated rings. The number of aromatic nitrogens is 2. The summed E-state index contributed by atoms with van der Waals surface area (Å²) >= 11 is 14.1. The molecule has 2 nitrogen and oxygen atoms in total. The molecule has 19 heavy (non-hydrogen) atoms. The van der Waals surface area contributed by atoms with Crippen molar-refractivity contribution in [1.29, 1.82) is 0 Å². The third-order valence-electron chi connectivity index (χ3n) is 2.78. The van der Waals surface area contributed by atoms with Gasteiger partial charge in [-0.2, -0.15) is 0 Å². The van der Waals surface area contributed by atoms with Crippen LogP contribution < -0.4 is 0 Å². The Morgan fingerprint density at radius 3 is 2.16 bits per heavy atom. The second kappa shape index (κ2) is 5.23. The van der Waals surface area contributed by atoms with E-state index in [0.29, 0.717) is 19.7 Å². The van der Waals surface area contributed by atoms with Crippen molar-refractivity contribution in [3.8, 4) is 11.4 Å². The Morgan fingerprint density at radius 2 is 1.47 bits per heavy atom. The summed E-state index contributed by atoms with van der Waals surface area (Å²) in [6, 6.07) is 14.2. The lowest BCUT2D eigenvalue weighted by atomic mass is 10.1. The molecule has 94 valence electrons. The smallest absolute Gasteiger partial charge is 0.162 e. The minimum absolute atomic E-state index is 0.378. The third kappa shape index (κ3) is 2.55. The van der Waals surface area contributed by atoms with Gasteiger partial charge in [-0.15, -0.1) is 0 Å². The molecule has 0 bridgehead atoms. The first kappa shape index (κ1) is 13.1. The van der Waals surface area contributed by atoms with Crippen molar-refractivity contribution in [2.75, 3.05) is 0 Å². The molecule has 3 aromatic rings. The van der Waals surface area contributed by atoms with E-state index < -0.39 is 0 Å². The SMILES string of the molecule is Clc1nc(-c2ccc3ccccc3c2)nc(Cl)c1I. The van der Waals surface area contributed by atoms with E-state index >= 15 is 0 Å². The molecular weight excluding hydrogens is 394 g/mol. The molecular formula is C14H7Cl2IN2. The summed E-state index contributed by atoms with van der Waals surface area (Å²) in [5.41, 5.74) is 0.902. The number of fused-ring (bicyclic) bond motifs is 1. The van der Waals surface area contributed by atoms with Crippen molar-refractivity contribution in [3.63, 3.8) is 0 Å². The Labute approximate surface area is 133 Å². The number of halogens is 3. The molecule has 3 rings (SSSR count). The van der Waals surface area contributed by atoms with Gasteiger partial charge in [0.2, 0.25) is 0 Å². The quantitative estimate of drug-likeness (QED) is 0.414. The lowest BCUT2D eigenvalue weighted by Gasteiger charge is -2.05. The number of rotatable bonds is 1. The maximum absolute atomic E-state index is 6.04. The Balaban J connectivity index is 2.19. The average Bonchev–Trinajstić information content (AvgIpc) is 2.43. The van der Waals surface area contributed by atoms with Crippen LogP contribution in [0, 0.1) is 3.57 Å². The van der Waals surface area contributed by atoms with E-state index in [0.717, 1.165) is 10.9 Å². The summed E-state index contributed by atoms with van der Waals surface area (Å²) in [5.74, 6) is 0.543. The summed E-state index contributed by atoms with van der Waals surface area (Å²) in [7, 11) is 0. The van der Waals surface area contributed by atoms with E-state index in [-0.39, 0.29) is 0 Å². The number of hydrogen-bond acceptors (Lipinski definition) is 2. The molecule has 0 N–H and O–H groups in total. The zero-order chi connectivity index (χ0) is 13.4. The summed E-state index contributed by atoms with van der Waals surface area (Å²) < 4.78 is 0.672. The second-order valence-corrected chi connectivity index (χ2v) is 5.80. The van der Waals surface area contributed by atoms with Gasteiger partial charge in [-0.05, 0) is 39.4 Å². The Hall–Kier alpha value is -0.910. The maximum atomic E-state index is 6.04. The standard InChI is InChI=1S/C14H7Cl2IN2/c15-12-11(17)13(16)19-14(18-12)10-6-5-8-3-1-2-4-9(8)7-10/h1-7H. The molecule has 0 unspecified atom stereocenters. The first-order valence-electron chi connectivity index (χ1n) is 5.53. The molecule has 0 amide bonds. The van der Waals surface area contributed by atoms with Crippen LogP contribution in [0.4, 0.5) is 0 Å². The molecule has 0 atom stereocenters. The van der Waals surface area contributed by atoms with Gasteiger partial charge in [0, 0.05) is 5.56 Å². The highest BCUT2D eigenvalue weighted by Gasteiger charge is 2.10. The molecule has 0 aliphatic carbocycles. The zero-order valence-corrected chi connectivity index (χ0v) is 13.2. The van der Waals surface area contributed by atoms with Gasteiger partial charge in [-0.25, -0.2) is 9.97 Å². The van der Waals surface area contributed by atoms with Gasteiger partial charge in [0.25, 0.3) is 0 Å². The van der Waals surface area contributed by atoms with E-state index in [4.69, 9.17) is 23.2 Å². The second-order valence-electron chi connectivity index (χ2n) is 4.00. The third-order valence-corrected chi connectivity index (χ3v) is 4.98. The highest BCUT2D eigenvalue weighted by Crippen LogP contribution is 2.28. The first-order valence-corrected chi connectivity index (χ1v) is 7.36. The van der Waals surface area contributed by atoms with E-state index in [2.05, 4.69) is 22.1 Å². The van der Waals surface area contributed by atoms with E-state index in [1.54, 1.807) is 0 Å². The number of benzene rings is 2. The van der Waals surface area contributed by atoms with Crippen LogP contribution in [0.5, 0.6) is 0 Å². The summed E-state index contributed by atoms with van der Waals surface area (Å²) in [5, 5.41) is 3.07. The normalized spacial score (nSPS) is 10.9. The molecule has 0 aliphatic heterocycles. The molecule has 5 heteroatoms. The van der Waals surface area contributed by atoms with E-state index in [9.17, 15) is 0 Å². The molecule has 1 aromatic heterocycles. The monoisotopic (exact) mass is 400 g/mol. The first-order chi connectivity index (χ1) is 9.15. The van der Waals surface area contributed by atoms with Gasteiger partial charge in [0.05, 0.1) is 3.57 Å². The van der Waals surface area contributed by atoms with Crippen LogP contribution in [-0.2, 0) is 0 Å². The zero-order valence-electron chi connectivity index (χ0n) is 9.57. The van der Waals surface area contributed by atoms with Crippen molar-refractivity contribution in [3.05, 3.63) is 56.3 Å². The summed E-state index contributed by atoms with van der Waals surface area (Å²) in [4.78, 5) is 8.55. The molecule has 0 spiro atoms. The highest BCUT2D eigenvalue weighted by atomic mass is 127. The summed E-state index contributed by atoms with van der Waals surface area (Å²) in [6.45, 7) is 0. The van der Waals surface area contributed by atoms with Crippen molar-refractivity contribution >= 4 is 56.6 Å². The van der Waals surface area contributed by atoms with Crippen LogP contribution in [0.3, 0.4) is 0 Å². The van der Waals surface area contributed by atoms with Crippen molar-refractivity contribution < 1.29 is 0 Å². The van der Waals surface area contributed by atoms with Gasteiger partial charge >= 0.3 is 0 Å². The van der Waals surface area contributed by atoms with Crippen LogP contribution in [0.25, 0.3) is 22.2 Å². The van der Waals surface area contributed by atoms with Crippen molar-refractivity contribution in [1.82, 2.24) is 9.97 Å². The molecule has 0 radical (unpaired) electrons. The van der Waals surface area contributed by atoms with Gasteiger partial charge in [-0.3, -0.25) is 0 Å². The van der Waals surface area contributed by atoms with Crippen LogP contribution in [0.15, 0.2) is 42.5 Å². The van der Waals surface area contributed by atoms with Gasteiger partial charge in [0.1, 0.15) is 10.3 Å². The van der Waals surface area contributed by atoms with Gasteiger partial charge in [0.15, 0.2) is 5.82 Å². The van der Waals surface area contributed by atoms with Crippen LogP contribution in [-0.4, -0.2) is 9.97 Å². The maximum Gasteiger partial charge on any atom is 0.162 e. The average molecular weight is 401 g/mol. The van der Waals surface area contributed by atoms with Gasteiger partial charge < -0.3 is 0 Å². The molecule has 0 saturated carbocycles. The predicted molar refractivity (Wildman–Crippen MR) is 87.7 cm³/mol. The topological polar surface area (TPSA) is 25.8 Å². The van der Waals surface area contributed by atoms with Crippen LogP contribution in [0.1, 0.15) is 0 Å². The van der Waals surface area contributed by atoms with Gasteiger partial charge in [-0.1, -0.05) is 59.6 Å². The van der Waals surface area contributed by atoms with Crippen LogP contribution >= 0.6 is 45.8 Å². The highest BCUT2D eigenvalue weighted by molar-refractivity contribution is 14.1. The minimum Gasteiger partial charge on any atom is -0.215 e. The molecule has 0 aliphatic rings. The largest absolute Gasteiger partial charge is 0.215 e. The Bertz CT molecular complexity index is 751. The lowest BCUT2D eigenvalue weighted by Crippen LogP contribution is -1.93. The van der Waals surface area contributed by atoms with Crippen LogP contribution in [0.2, 0.25) is 10.3 Å². The molecule has 0 saturated heterocycles. The Kier molecular flexibility index (Phi) is 3.60. The summed E-state index contributed by atoms with van der Waals surface area (Å²) in [6.07, 6.45) is 0. The molecule has 2 aromatic carbocycles.